The van der Waals surface area contributed by atoms with Gasteiger partial charge in [-0.15, -0.1) is 0 Å². The summed E-state index contributed by atoms with van der Waals surface area (Å²) in [6.07, 6.45) is -4.73. The molecule has 0 saturated carbocycles. The SMILES string of the molecule is O=C(O)C(C(=O)O)(c1ccc(C(F)(F)F)cc1)[N+](=O)[O-]. The van der Waals surface area contributed by atoms with Crippen LogP contribution in [0, 0.1) is 10.1 Å². The van der Waals surface area contributed by atoms with Crippen molar-refractivity contribution in [2.24, 2.45) is 0 Å². The predicted molar refractivity (Wildman–Crippen MR) is 55.4 cm³/mol. The number of nitrogens with zero attached hydrogens (tertiary/aromatic N) is 1. The molecule has 0 radical (unpaired) electrons. The van der Waals surface area contributed by atoms with Crippen LogP contribution in [0.1, 0.15) is 11.1 Å². The first-order valence-electron chi connectivity index (χ1n) is 4.83. The van der Waals surface area contributed by atoms with Gasteiger partial charge in [-0.3, -0.25) is 10.1 Å². The summed E-state index contributed by atoms with van der Waals surface area (Å²) in [7, 11) is 0. The molecule has 20 heavy (non-hydrogen) atoms. The van der Waals surface area contributed by atoms with Gasteiger partial charge in [0.2, 0.25) is 0 Å². The van der Waals surface area contributed by atoms with Gasteiger partial charge in [-0.2, -0.15) is 13.2 Å². The molecule has 0 aliphatic carbocycles. The molecule has 7 nitrogen and oxygen atoms in total. The van der Waals surface area contributed by atoms with Crippen LogP contribution in [0.3, 0.4) is 0 Å². The summed E-state index contributed by atoms with van der Waals surface area (Å²) < 4.78 is 37.0. The number of carboxylic acid groups (broad SMARTS) is 2. The van der Waals surface area contributed by atoms with E-state index in [0.29, 0.717) is 24.3 Å². The number of alkyl halides is 3. The van der Waals surface area contributed by atoms with E-state index in [1.54, 1.807) is 0 Å². The van der Waals surface area contributed by atoms with Crippen LogP contribution in [0.25, 0.3) is 0 Å². The Hall–Kier alpha value is -2.65. The van der Waals surface area contributed by atoms with Crippen molar-refractivity contribution in [1.29, 1.82) is 0 Å². The minimum absolute atomic E-state index is 0.374. The van der Waals surface area contributed by atoms with E-state index >= 15 is 0 Å². The average Bonchev–Trinajstić information content (AvgIpc) is 2.27. The summed E-state index contributed by atoms with van der Waals surface area (Å²) in [6.45, 7) is 0. The number of hydrogen-bond donors (Lipinski definition) is 2. The summed E-state index contributed by atoms with van der Waals surface area (Å²) in [5.41, 5.74) is -5.63. The smallest absolute Gasteiger partial charge is 0.435 e. The molecule has 2 N–H and O–H groups in total. The first kappa shape index (κ1) is 15.4. The number of rotatable bonds is 4. The van der Waals surface area contributed by atoms with Crippen molar-refractivity contribution in [3.8, 4) is 0 Å². The molecule has 0 aliphatic heterocycles. The van der Waals surface area contributed by atoms with Crippen molar-refractivity contribution >= 4 is 11.9 Å². The van der Waals surface area contributed by atoms with Crippen molar-refractivity contribution in [3.05, 3.63) is 45.5 Å². The quantitative estimate of drug-likeness (QED) is 0.491. The Morgan fingerprint density at radius 1 is 1.00 bits per heavy atom. The Balaban J connectivity index is 3.48. The topological polar surface area (TPSA) is 118 Å². The second-order valence-electron chi connectivity index (χ2n) is 3.65. The number of hydrogen-bond acceptors (Lipinski definition) is 4. The Kier molecular flexibility index (Phi) is 3.69. The minimum atomic E-state index is -4.73. The number of benzene rings is 1. The standard InChI is InChI=1S/C10H6F3NO6/c11-10(12,13)6-3-1-5(2-4-6)9(7(15)16,8(17)18)14(19)20/h1-4H,(H,15,16)(H,17,18). The summed E-state index contributed by atoms with van der Waals surface area (Å²) in [5, 5.41) is 28.4. The fraction of sp³-hybridized carbons (Fsp3) is 0.200. The maximum atomic E-state index is 12.3. The minimum Gasteiger partial charge on any atom is -0.475 e. The molecule has 0 aliphatic rings. The lowest BCUT2D eigenvalue weighted by Crippen LogP contribution is -2.50. The molecule has 0 spiro atoms. The number of halogens is 3. The van der Waals surface area contributed by atoms with Gasteiger partial charge in [0, 0.05) is 0 Å². The van der Waals surface area contributed by atoms with Crippen LogP contribution in [-0.2, 0) is 21.3 Å². The van der Waals surface area contributed by atoms with E-state index in [-0.39, 0.29) is 0 Å². The lowest BCUT2D eigenvalue weighted by Gasteiger charge is -2.17. The fourth-order valence-corrected chi connectivity index (χ4v) is 1.50. The molecular formula is C10H6F3NO6. The highest BCUT2D eigenvalue weighted by molar-refractivity contribution is 6.02. The number of carboxylic acids is 2. The third-order valence-electron chi connectivity index (χ3n) is 2.52. The molecular weight excluding hydrogens is 287 g/mol. The molecule has 0 atom stereocenters. The van der Waals surface area contributed by atoms with Gasteiger partial charge in [-0.25, -0.2) is 9.59 Å². The Labute approximate surface area is 108 Å². The summed E-state index contributed by atoms with van der Waals surface area (Å²) >= 11 is 0. The highest BCUT2D eigenvalue weighted by Gasteiger charge is 2.61. The normalized spacial score (nSPS) is 11.9. The molecule has 0 bridgehead atoms. The molecule has 10 heteroatoms. The molecule has 1 rings (SSSR count). The van der Waals surface area contributed by atoms with E-state index in [4.69, 9.17) is 10.2 Å². The maximum absolute atomic E-state index is 12.3. The summed E-state index contributed by atoms with van der Waals surface area (Å²) in [4.78, 5) is 31.1. The van der Waals surface area contributed by atoms with Crippen LogP contribution in [0.2, 0.25) is 0 Å². The average molecular weight is 293 g/mol. The zero-order chi connectivity index (χ0) is 15.7. The highest BCUT2D eigenvalue weighted by atomic mass is 19.4. The Morgan fingerprint density at radius 2 is 1.35 bits per heavy atom. The van der Waals surface area contributed by atoms with Gasteiger partial charge < -0.3 is 10.2 Å². The van der Waals surface area contributed by atoms with Gasteiger partial charge >= 0.3 is 23.7 Å². The summed E-state index contributed by atoms with van der Waals surface area (Å²) in [5.74, 6) is -4.62. The second kappa shape index (κ2) is 4.79. The highest BCUT2D eigenvalue weighted by Crippen LogP contribution is 2.32. The predicted octanol–water partition coefficient (Wildman–Crippen LogP) is 1.35. The molecule has 1 aromatic rings. The van der Waals surface area contributed by atoms with Gasteiger partial charge in [-0.05, 0) is 24.3 Å². The van der Waals surface area contributed by atoms with E-state index in [0.717, 1.165) is 0 Å². The third kappa shape index (κ3) is 2.27. The number of carbonyl (C=O) groups is 2. The van der Waals surface area contributed by atoms with Crippen LogP contribution in [0.5, 0.6) is 0 Å². The van der Waals surface area contributed by atoms with E-state index in [1.807, 2.05) is 0 Å². The van der Waals surface area contributed by atoms with Crippen molar-refractivity contribution in [2.45, 2.75) is 11.7 Å². The van der Waals surface area contributed by atoms with E-state index in [1.165, 1.54) is 0 Å². The number of nitro groups is 1. The van der Waals surface area contributed by atoms with Crippen molar-refractivity contribution in [3.63, 3.8) is 0 Å². The van der Waals surface area contributed by atoms with Crippen molar-refractivity contribution in [2.75, 3.05) is 0 Å². The van der Waals surface area contributed by atoms with Crippen molar-refractivity contribution in [1.82, 2.24) is 0 Å². The third-order valence-corrected chi connectivity index (χ3v) is 2.52. The first-order chi connectivity index (χ1) is 9.04. The largest absolute Gasteiger partial charge is 0.475 e. The zero-order valence-corrected chi connectivity index (χ0v) is 9.42. The van der Waals surface area contributed by atoms with Crippen LogP contribution < -0.4 is 0 Å². The lowest BCUT2D eigenvalue weighted by atomic mass is 9.90. The maximum Gasteiger partial charge on any atom is 0.435 e. The number of aliphatic carboxylic acids is 2. The first-order valence-corrected chi connectivity index (χ1v) is 4.83. The van der Waals surface area contributed by atoms with Gasteiger partial charge in [0.05, 0.1) is 16.1 Å². The molecule has 1 aromatic carbocycles. The van der Waals surface area contributed by atoms with Gasteiger partial charge in [0.25, 0.3) is 0 Å². The second-order valence-corrected chi connectivity index (χ2v) is 3.65. The molecule has 0 heterocycles. The van der Waals surface area contributed by atoms with Crippen LogP contribution >= 0.6 is 0 Å². The van der Waals surface area contributed by atoms with Gasteiger partial charge in [0.1, 0.15) is 0 Å². The molecule has 108 valence electrons. The van der Waals surface area contributed by atoms with E-state index < -0.39 is 39.7 Å². The van der Waals surface area contributed by atoms with Crippen LogP contribution in [0.15, 0.2) is 24.3 Å². The Morgan fingerprint density at radius 3 is 1.60 bits per heavy atom. The molecule has 0 aromatic heterocycles. The van der Waals surface area contributed by atoms with E-state index in [2.05, 4.69) is 0 Å². The fourth-order valence-electron chi connectivity index (χ4n) is 1.50. The van der Waals surface area contributed by atoms with Gasteiger partial charge in [0.15, 0.2) is 0 Å². The lowest BCUT2D eigenvalue weighted by molar-refractivity contribution is -0.549. The molecule has 0 unspecified atom stereocenters. The van der Waals surface area contributed by atoms with Crippen LogP contribution in [0.4, 0.5) is 13.2 Å². The Bertz CT molecular complexity index is 529. The van der Waals surface area contributed by atoms with Crippen LogP contribution in [-0.4, -0.2) is 27.1 Å². The zero-order valence-electron chi connectivity index (χ0n) is 9.42. The summed E-state index contributed by atoms with van der Waals surface area (Å²) in [6, 6.07) is 1.65. The van der Waals surface area contributed by atoms with Gasteiger partial charge in [-0.1, -0.05) is 0 Å². The monoisotopic (exact) mass is 293 g/mol. The molecule has 0 fully saturated rings. The van der Waals surface area contributed by atoms with Crippen molar-refractivity contribution < 1.29 is 37.9 Å². The van der Waals surface area contributed by atoms with E-state index in [9.17, 15) is 32.9 Å². The molecule has 0 amide bonds. The molecule has 0 saturated heterocycles.